The van der Waals surface area contributed by atoms with Gasteiger partial charge in [0.2, 0.25) is 0 Å². The quantitative estimate of drug-likeness (QED) is 0.592. The summed E-state index contributed by atoms with van der Waals surface area (Å²) in [4.78, 5) is 17.8. The summed E-state index contributed by atoms with van der Waals surface area (Å²) in [5.74, 6) is 0.549. The van der Waals surface area contributed by atoms with E-state index in [2.05, 4.69) is 20.2 Å². The van der Waals surface area contributed by atoms with Gasteiger partial charge in [0.15, 0.2) is 5.65 Å². The Morgan fingerprint density at radius 1 is 1.50 bits per heavy atom. The second-order valence-corrected chi connectivity index (χ2v) is 2.42. The molecule has 0 amide bonds. The molecule has 0 atom stereocenters. The molecular formula is C7H6N4O. The highest BCUT2D eigenvalue weighted by Crippen LogP contribution is 1.98. The first-order valence-electron chi connectivity index (χ1n) is 3.46. The van der Waals surface area contributed by atoms with Crippen molar-refractivity contribution < 1.29 is 0 Å². The first-order chi connectivity index (χ1) is 5.77. The molecule has 0 spiro atoms. The minimum atomic E-state index is -0.174. The molecule has 0 fully saturated rings. The zero-order valence-electron chi connectivity index (χ0n) is 6.40. The zero-order valence-corrected chi connectivity index (χ0v) is 6.40. The van der Waals surface area contributed by atoms with E-state index in [0.717, 1.165) is 0 Å². The molecule has 2 aromatic rings. The average Bonchev–Trinajstić information content (AvgIpc) is 2.04. The second kappa shape index (κ2) is 2.37. The van der Waals surface area contributed by atoms with Crippen molar-refractivity contribution in [2.24, 2.45) is 0 Å². The number of aromatic amines is 1. The maximum Gasteiger partial charge on any atom is 0.260 e. The van der Waals surface area contributed by atoms with E-state index >= 15 is 0 Å². The Hall–Kier alpha value is -1.78. The van der Waals surface area contributed by atoms with E-state index in [1.165, 1.54) is 6.20 Å². The standard InChI is InChI=1S/C7H6N4O/c1-4-9-6-5(7(12)10-4)2-3-8-11-6/h2-3H,1H3,(H,9,10,11,12). The Morgan fingerprint density at radius 2 is 2.33 bits per heavy atom. The summed E-state index contributed by atoms with van der Waals surface area (Å²) in [6.07, 6.45) is 1.47. The maximum atomic E-state index is 11.2. The van der Waals surface area contributed by atoms with Crippen molar-refractivity contribution in [3.63, 3.8) is 0 Å². The minimum Gasteiger partial charge on any atom is -0.310 e. The predicted octanol–water partition coefficient (Wildman–Crippen LogP) is 0.0215. The van der Waals surface area contributed by atoms with Crippen LogP contribution in [0.25, 0.3) is 11.0 Å². The molecule has 0 aliphatic carbocycles. The fourth-order valence-electron chi connectivity index (χ4n) is 1.00. The Bertz CT molecular complexity index is 476. The van der Waals surface area contributed by atoms with Crippen molar-refractivity contribution in [1.29, 1.82) is 0 Å². The monoisotopic (exact) mass is 162 g/mol. The molecule has 12 heavy (non-hydrogen) atoms. The summed E-state index contributed by atoms with van der Waals surface area (Å²) in [5.41, 5.74) is 0.214. The third kappa shape index (κ3) is 0.952. The van der Waals surface area contributed by atoms with Gasteiger partial charge in [-0.2, -0.15) is 5.10 Å². The van der Waals surface area contributed by atoms with E-state index in [4.69, 9.17) is 0 Å². The van der Waals surface area contributed by atoms with Gasteiger partial charge in [0.25, 0.3) is 5.56 Å². The number of fused-ring (bicyclic) bond motifs is 1. The van der Waals surface area contributed by atoms with Crippen LogP contribution in [0.1, 0.15) is 5.82 Å². The third-order valence-electron chi connectivity index (χ3n) is 1.51. The molecule has 0 saturated heterocycles. The zero-order chi connectivity index (χ0) is 8.55. The molecule has 0 aliphatic rings. The smallest absolute Gasteiger partial charge is 0.260 e. The molecular weight excluding hydrogens is 156 g/mol. The van der Waals surface area contributed by atoms with E-state index in [0.29, 0.717) is 16.9 Å². The Balaban J connectivity index is 2.99. The number of rotatable bonds is 0. The summed E-state index contributed by atoms with van der Waals surface area (Å²) >= 11 is 0. The SMILES string of the molecule is Cc1nc2nnccc2c(=O)[nH]1. The van der Waals surface area contributed by atoms with Crippen molar-refractivity contribution in [3.05, 3.63) is 28.4 Å². The lowest BCUT2D eigenvalue weighted by molar-refractivity contribution is 0.991. The Kier molecular flexibility index (Phi) is 1.36. The minimum absolute atomic E-state index is 0.174. The first kappa shape index (κ1) is 6.90. The highest BCUT2D eigenvalue weighted by atomic mass is 16.1. The lowest BCUT2D eigenvalue weighted by Crippen LogP contribution is -2.10. The lowest BCUT2D eigenvalue weighted by atomic mass is 10.4. The largest absolute Gasteiger partial charge is 0.310 e. The normalized spacial score (nSPS) is 10.4. The van der Waals surface area contributed by atoms with Crippen LogP contribution in [0.5, 0.6) is 0 Å². The molecule has 2 heterocycles. The van der Waals surface area contributed by atoms with Crippen LogP contribution in [-0.2, 0) is 0 Å². The molecule has 0 bridgehead atoms. The van der Waals surface area contributed by atoms with Crippen LogP contribution in [0.3, 0.4) is 0 Å². The van der Waals surface area contributed by atoms with E-state index < -0.39 is 0 Å². The molecule has 0 unspecified atom stereocenters. The Morgan fingerprint density at radius 3 is 3.17 bits per heavy atom. The number of nitrogens with zero attached hydrogens (tertiary/aromatic N) is 3. The van der Waals surface area contributed by atoms with E-state index in [-0.39, 0.29) is 5.56 Å². The van der Waals surface area contributed by atoms with E-state index in [1.807, 2.05) is 0 Å². The Labute approximate surface area is 67.5 Å². The van der Waals surface area contributed by atoms with Crippen molar-refractivity contribution in [2.75, 3.05) is 0 Å². The maximum absolute atomic E-state index is 11.2. The molecule has 0 aliphatic heterocycles. The van der Waals surface area contributed by atoms with Crippen molar-refractivity contribution in [3.8, 4) is 0 Å². The molecule has 5 nitrogen and oxygen atoms in total. The van der Waals surface area contributed by atoms with Gasteiger partial charge in [-0.05, 0) is 13.0 Å². The van der Waals surface area contributed by atoms with Gasteiger partial charge in [0.1, 0.15) is 5.82 Å². The molecule has 5 heteroatoms. The van der Waals surface area contributed by atoms with Crippen LogP contribution in [0.4, 0.5) is 0 Å². The molecule has 2 rings (SSSR count). The van der Waals surface area contributed by atoms with Crippen molar-refractivity contribution in [2.45, 2.75) is 6.92 Å². The van der Waals surface area contributed by atoms with Crippen molar-refractivity contribution >= 4 is 11.0 Å². The van der Waals surface area contributed by atoms with Crippen LogP contribution in [0, 0.1) is 6.92 Å². The van der Waals surface area contributed by atoms with Gasteiger partial charge in [-0.15, -0.1) is 5.10 Å². The van der Waals surface area contributed by atoms with Gasteiger partial charge in [-0.25, -0.2) is 4.98 Å². The number of hydrogen-bond donors (Lipinski definition) is 1. The molecule has 0 aromatic carbocycles. The van der Waals surface area contributed by atoms with Crippen LogP contribution in [0.15, 0.2) is 17.1 Å². The van der Waals surface area contributed by atoms with E-state index in [9.17, 15) is 4.79 Å². The summed E-state index contributed by atoms with van der Waals surface area (Å²) in [6.45, 7) is 1.70. The predicted molar refractivity (Wildman–Crippen MR) is 42.7 cm³/mol. The second-order valence-electron chi connectivity index (χ2n) is 2.42. The van der Waals surface area contributed by atoms with Gasteiger partial charge >= 0.3 is 0 Å². The lowest BCUT2D eigenvalue weighted by Gasteiger charge is -1.94. The van der Waals surface area contributed by atoms with Crippen LogP contribution in [0.2, 0.25) is 0 Å². The topological polar surface area (TPSA) is 71.5 Å². The van der Waals surface area contributed by atoms with Gasteiger partial charge < -0.3 is 4.98 Å². The summed E-state index contributed by atoms with van der Waals surface area (Å²) in [7, 11) is 0. The fourth-order valence-corrected chi connectivity index (χ4v) is 1.00. The summed E-state index contributed by atoms with van der Waals surface area (Å²) < 4.78 is 0. The fraction of sp³-hybridized carbons (Fsp3) is 0.143. The van der Waals surface area contributed by atoms with Gasteiger partial charge in [-0.1, -0.05) is 0 Å². The molecule has 1 N–H and O–H groups in total. The van der Waals surface area contributed by atoms with Gasteiger partial charge in [-0.3, -0.25) is 4.79 Å². The molecule has 2 aromatic heterocycles. The first-order valence-corrected chi connectivity index (χ1v) is 3.46. The van der Waals surface area contributed by atoms with Crippen LogP contribution in [-0.4, -0.2) is 20.2 Å². The van der Waals surface area contributed by atoms with Crippen molar-refractivity contribution in [1.82, 2.24) is 20.2 Å². The highest BCUT2D eigenvalue weighted by Gasteiger charge is 2.00. The summed E-state index contributed by atoms with van der Waals surface area (Å²) in [5, 5.41) is 7.82. The molecule has 60 valence electrons. The molecule has 0 saturated carbocycles. The molecule has 0 radical (unpaired) electrons. The van der Waals surface area contributed by atoms with Gasteiger partial charge in [0.05, 0.1) is 11.6 Å². The van der Waals surface area contributed by atoms with Crippen LogP contribution < -0.4 is 5.56 Å². The number of aromatic nitrogens is 4. The summed E-state index contributed by atoms with van der Waals surface area (Å²) in [6, 6.07) is 1.59. The number of nitrogens with one attached hydrogen (secondary N) is 1. The average molecular weight is 162 g/mol. The van der Waals surface area contributed by atoms with Crippen LogP contribution >= 0.6 is 0 Å². The van der Waals surface area contributed by atoms with E-state index in [1.54, 1.807) is 13.0 Å². The number of H-pyrrole nitrogens is 1. The highest BCUT2D eigenvalue weighted by molar-refractivity contribution is 5.71. The third-order valence-corrected chi connectivity index (χ3v) is 1.51. The van der Waals surface area contributed by atoms with Gasteiger partial charge in [0, 0.05) is 0 Å². The number of hydrogen-bond acceptors (Lipinski definition) is 4. The number of aryl methyl sites for hydroxylation is 1.